The fourth-order valence-electron chi connectivity index (χ4n) is 3.21. The lowest BCUT2D eigenvalue weighted by atomic mass is 9.93. The van der Waals surface area contributed by atoms with Gasteiger partial charge in [-0.15, -0.1) is 0 Å². The van der Waals surface area contributed by atoms with E-state index >= 15 is 0 Å². The number of nitrogens with zero attached hydrogens (tertiary/aromatic N) is 1. The van der Waals surface area contributed by atoms with Crippen molar-refractivity contribution in [3.8, 4) is 5.75 Å². The van der Waals surface area contributed by atoms with Gasteiger partial charge in [0.1, 0.15) is 12.4 Å². The summed E-state index contributed by atoms with van der Waals surface area (Å²) in [7, 11) is 0. The Hall–Kier alpha value is -2.33. The SMILES string of the molecule is CC1CCC(CO)CN1C(=O)c1ccc(OCc2ccccc2)cc1. The molecule has 0 saturated carbocycles. The van der Waals surface area contributed by atoms with Gasteiger partial charge in [0.05, 0.1) is 0 Å². The van der Waals surface area contributed by atoms with Crippen molar-refractivity contribution in [3.05, 3.63) is 65.7 Å². The number of hydrogen-bond acceptors (Lipinski definition) is 3. The summed E-state index contributed by atoms with van der Waals surface area (Å²) in [5.74, 6) is 0.967. The minimum Gasteiger partial charge on any atom is -0.489 e. The van der Waals surface area contributed by atoms with Crippen molar-refractivity contribution >= 4 is 5.91 Å². The van der Waals surface area contributed by atoms with Crippen LogP contribution in [0.1, 0.15) is 35.7 Å². The van der Waals surface area contributed by atoms with Gasteiger partial charge >= 0.3 is 0 Å². The number of rotatable bonds is 5. The summed E-state index contributed by atoms with van der Waals surface area (Å²) in [5.41, 5.74) is 1.78. The Morgan fingerprint density at radius 2 is 1.84 bits per heavy atom. The molecule has 1 heterocycles. The molecule has 0 aliphatic carbocycles. The zero-order valence-corrected chi connectivity index (χ0v) is 14.6. The van der Waals surface area contributed by atoms with Gasteiger partial charge in [0.2, 0.25) is 0 Å². The summed E-state index contributed by atoms with van der Waals surface area (Å²) in [4.78, 5) is 14.6. The summed E-state index contributed by atoms with van der Waals surface area (Å²) in [5, 5.41) is 9.38. The Morgan fingerprint density at radius 1 is 1.12 bits per heavy atom. The van der Waals surface area contributed by atoms with E-state index in [0.29, 0.717) is 18.7 Å². The summed E-state index contributed by atoms with van der Waals surface area (Å²) >= 11 is 0. The molecule has 1 fully saturated rings. The van der Waals surface area contributed by atoms with Crippen molar-refractivity contribution in [2.24, 2.45) is 5.92 Å². The number of likely N-dealkylation sites (tertiary alicyclic amines) is 1. The van der Waals surface area contributed by atoms with Crippen molar-refractivity contribution in [1.29, 1.82) is 0 Å². The number of carbonyl (C=O) groups is 1. The molecule has 132 valence electrons. The first kappa shape index (κ1) is 17.5. The zero-order valence-electron chi connectivity index (χ0n) is 14.6. The normalized spacial score (nSPS) is 20.3. The van der Waals surface area contributed by atoms with Crippen LogP contribution < -0.4 is 4.74 Å². The van der Waals surface area contributed by atoms with E-state index in [-0.39, 0.29) is 24.5 Å². The van der Waals surface area contributed by atoms with E-state index in [2.05, 4.69) is 6.92 Å². The molecule has 0 radical (unpaired) electrons. The van der Waals surface area contributed by atoms with Crippen LogP contribution in [0.3, 0.4) is 0 Å². The van der Waals surface area contributed by atoms with Crippen LogP contribution in [0, 0.1) is 5.92 Å². The molecule has 2 atom stereocenters. The average Bonchev–Trinajstić information content (AvgIpc) is 2.67. The van der Waals surface area contributed by atoms with Gasteiger partial charge in [-0.05, 0) is 55.5 Å². The number of aliphatic hydroxyl groups is 1. The summed E-state index contributed by atoms with van der Waals surface area (Å²) < 4.78 is 5.77. The monoisotopic (exact) mass is 339 g/mol. The lowest BCUT2D eigenvalue weighted by Crippen LogP contribution is -2.46. The summed E-state index contributed by atoms with van der Waals surface area (Å²) in [6, 6.07) is 17.5. The largest absolute Gasteiger partial charge is 0.489 e. The van der Waals surface area contributed by atoms with Gasteiger partial charge in [0.15, 0.2) is 0 Å². The standard InChI is InChI=1S/C21H25NO3/c1-16-7-8-18(14-23)13-22(16)21(24)19-9-11-20(12-10-19)25-15-17-5-3-2-4-6-17/h2-6,9-12,16,18,23H,7-8,13-15H2,1H3. The van der Waals surface area contributed by atoms with Crippen LogP contribution in [0.4, 0.5) is 0 Å². The number of aliphatic hydroxyl groups excluding tert-OH is 1. The van der Waals surface area contributed by atoms with Crippen LogP contribution in [-0.4, -0.2) is 35.1 Å². The lowest BCUT2D eigenvalue weighted by Gasteiger charge is -2.37. The first-order valence-corrected chi connectivity index (χ1v) is 8.86. The molecule has 1 aliphatic heterocycles. The smallest absolute Gasteiger partial charge is 0.254 e. The number of benzene rings is 2. The first-order chi connectivity index (χ1) is 12.2. The zero-order chi connectivity index (χ0) is 17.6. The Labute approximate surface area is 149 Å². The molecule has 1 aliphatic rings. The third-order valence-corrected chi connectivity index (χ3v) is 4.85. The minimum absolute atomic E-state index is 0.0280. The number of ether oxygens (including phenoxy) is 1. The molecule has 4 nitrogen and oxygen atoms in total. The highest BCUT2D eigenvalue weighted by atomic mass is 16.5. The van der Waals surface area contributed by atoms with E-state index in [1.165, 1.54) is 0 Å². The van der Waals surface area contributed by atoms with Crippen LogP contribution >= 0.6 is 0 Å². The third kappa shape index (κ3) is 4.40. The van der Waals surface area contributed by atoms with Crippen LogP contribution in [0.5, 0.6) is 5.75 Å². The second kappa shape index (κ2) is 8.17. The van der Waals surface area contributed by atoms with Crippen molar-refractivity contribution in [2.75, 3.05) is 13.2 Å². The highest BCUT2D eigenvalue weighted by Crippen LogP contribution is 2.24. The molecule has 2 unspecified atom stereocenters. The van der Waals surface area contributed by atoms with Crippen LogP contribution in [-0.2, 0) is 6.61 Å². The number of carbonyl (C=O) groups excluding carboxylic acids is 1. The highest BCUT2D eigenvalue weighted by molar-refractivity contribution is 5.94. The molecule has 25 heavy (non-hydrogen) atoms. The number of piperidine rings is 1. The maximum absolute atomic E-state index is 12.8. The fraction of sp³-hybridized carbons (Fsp3) is 0.381. The second-order valence-corrected chi connectivity index (χ2v) is 6.73. The molecule has 1 amide bonds. The molecule has 0 spiro atoms. The van der Waals surface area contributed by atoms with Crippen LogP contribution in [0.15, 0.2) is 54.6 Å². The molecule has 1 N–H and O–H groups in total. The van der Waals surface area contributed by atoms with E-state index < -0.39 is 0 Å². The van der Waals surface area contributed by atoms with E-state index in [9.17, 15) is 9.90 Å². The summed E-state index contributed by atoms with van der Waals surface area (Å²) in [6.07, 6.45) is 1.92. The van der Waals surface area contributed by atoms with Gasteiger partial charge in [-0.3, -0.25) is 4.79 Å². The molecular weight excluding hydrogens is 314 g/mol. The molecule has 1 saturated heterocycles. The van der Waals surface area contributed by atoms with Gasteiger partial charge in [-0.25, -0.2) is 0 Å². The van der Waals surface area contributed by atoms with Crippen molar-refractivity contribution in [1.82, 2.24) is 4.90 Å². The van der Waals surface area contributed by atoms with Gasteiger partial charge in [-0.2, -0.15) is 0 Å². The van der Waals surface area contributed by atoms with E-state index in [4.69, 9.17) is 4.74 Å². The van der Waals surface area contributed by atoms with Crippen molar-refractivity contribution < 1.29 is 14.6 Å². The maximum Gasteiger partial charge on any atom is 0.254 e. The predicted molar refractivity (Wildman–Crippen MR) is 97.5 cm³/mol. The number of amides is 1. The molecule has 2 aromatic carbocycles. The Morgan fingerprint density at radius 3 is 2.52 bits per heavy atom. The topological polar surface area (TPSA) is 49.8 Å². The Balaban J connectivity index is 1.62. The van der Waals surface area contributed by atoms with Crippen LogP contribution in [0.2, 0.25) is 0 Å². The summed E-state index contributed by atoms with van der Waals surface area (Å²) in [6.45, 7) is 3.35. The Bertz CT molecular complexity index is 684. The maximum atomic E-state index is 12.8. The van der Waals surface area contributed by atoms with Gasteiger partial charge in [0, 0.05) is 24.8 Å². The molecule has 3 rings (SSSR count). The highest BCUT2D eigenvalue weighted by Gasteiger charge is 2.29. The van der Waals surface area contributed by atoms with E-state index in [1.54, 1.807) is 0 Å². The Kier molecular flexibility index (Phi) is 5.71. The first-order valence-electron chi connectivity index (χ1n) is 8.86. The minimum atomic E-state index is 0.0280. The van der Waals surface area contributed by atoms with Crippen molar-refractivity contribution in [2.45, 2.75) is 32.4 Å². The molecule has 0 bridgehead atoms. The van der Waals surface area contributed by atoms with E-state index in [0.717, 1.165) is 24.2 Å². The fourth-order valence-corrected chi connectivity index (χ4v) is 3.21. The van der Waals surface area contributed by atoms with Crippen LogP contribution in [0.25, 0.3) is 0 Å². The third-order valence-electron chi connectivity index (χ3n) is 4.85. The van der Waals surface area contributed by atoms with E-state index in [1.807, 2.05) is 59.5 Å². The lowest BCUT2D eigenvalue weighted by molar-refractivity contribution is 0.0489. The van der Waals surface area contributed by atoms with Gasteiger partial charge in [-0.1, -0.05) is 30.3 Å². The number of hydrogen-bond donors (Lipinski definition) is 1. The second-order valence-electron chi connectivity index (χ2n) is 6.73. The van der Waals surface area contributed by atoms with Gasteiger partial charge in [0.25, 0.3) is 5.91 Å². The predicted octanol–water partition coefficient (Wildman–Crippen LogP) is 3.50. The molecule has 0 aromatic heterocycles. The molecule has 2 aromatic rings. The van der Waals surface area contributed by atoms with Crippen molar-refractivity contribution in [3.63, 3.8) is 0 Å². The molecule has 4 heteroatoms. The quantitative estimate of drug-likeness (QED) is 0.907. The van der Waals surface area contributed by atoms with Gasteiger partial charge < -0.3 is 14.7 Å². The molecular formula is C21H25NO3. The average molecular weight is 339 g/mol.